The van der Waals surface area contributed by atoms with Crippen LogP contribution in [-0.4, -0.2) is 26.1 Å². The van der Waals surface area contributed by atoms with Gasteiger partial charge in [0.15, 0.2) is 5.65 Å². The Hall–Kier alpha value is -3.46. The third-order valence-corrected chi connectivity index (χ3v) is 5.40. The van der Waals surface area contributed by atoms with Gasteiger partial charge in [0.1, 0.15) is 28.8 Å². The molecular weight excluding hydrogens is 429 g/mol. The molecule has 3 N–H and O–H groups in total. The van der Waals surface area contributed by atoms with E-state index < -0.39 is 11.6 Å². The van der Waals surface area contributed by atoms with E-state index in [4.69, 9.17) is 5.73 Å². The van der Waals surface area contributed by atoms with E-state index in [-0.39, 0.29) is 29.7 Å². The highest BCUT2D eigenvalue weighted by molar-refractivity contribution is 5.77. The van der Waals surface area contributed by atoms with Gasteiger partial charge in [-0.3, -0.25) is 0 Å². The van der Waals surface area contributed by atoms with Gasteiger partial charge in [-0.25, -0.2) is 23.1 Å². The highest BCUT2D eigenvalue weighted by atomic mass is 19.1. The number of anilines is 1. The standard InChI is InChI=1S/C24H25F3N6/c25-17-9-4-3-8-16(17)14-29-24-30-15-20-22(32-24)33(13-6-2-1-5-12-28)23(31-20)21-18(26)10-7-11-19(21)27/h3-4,7-11,15H,1-2,5-6,12-14,28H2,(H,29,30,32). The summed E-state index contributed by atoms with van der Waals surface area (Å²) in [5.74, 6) is -1.28. The average Bonchev–Trinajstić information content (AvgIpc) is 3.15. The zero-order valence-corrected chi connectivity index (χ0v) is 18.1. The van der Waals surface area contributed by atoms with Gasteiger partial charge in [0.2, 0.25) is 5.95 Å². The number of nitrogens with zero attached hydrogens (tertiary/aromatic N) is 4. The molecule has 33 heavy (non-hydrogen) atoms. The van der Waals surface area contributed by atoms with Crippen LogP contribution in [0.1, 0.15) is 31.2 Å². The highest BCUT2D eigenvalue weighted by Crippen LogP contribution is 2.29. The Morgan fingerprint density at radius 2 is 1.58 bits per heavy atom. The molecule has 0 aliphatic heterocycles. The Labute approximate surface area is 189 Å². The number of rotatable bonds is 10. The first-order valence-corrected chi connectivity index (χ1v) is 10.9. The first kappa shape index (κ1) is 22.7. The van der Waals surface area contributed by atoms with E-state index in [2.05, 4.69) is 20.3 Å². The molecule has 0 bridgehead atoms. The van der Waals surface area contributed by atoms with Crippen molar-refractivity contribution < 1.29 is 13.2 Å². The smallest absolute Gasteiger partial charge is 0.225 e. The van der Waals surface area contributed by atoms with Crippen molar-refractivity contribution in [1.29, 1.82) is 0 Å². The quantitative estimate of drug-likeness (QED) is 0.328. The molecule has 0 atom stereocenters. The molecule has 0 spiro atoms. The second kappa shape index (κ2) is 10.4. The van der Waals surface area contributed by atoms with Crippen LogP contribution in [0.3, 0.4) is 0 Å². The van der Waals surface area contributed by atoms with Crippen molar-refractivity contribution in [2.24, 2.45) is 5.73 Å². The number of hydrogen-bond donors (Lipinski definition) is 2. The maximum atomic E-state index is 14.6. The first-order chi connectivity index (χ1) is 16.1. The normalized spacial score (nSPS) is 11.3. The molecule has 0 fully saturated rings. The topological polar surface area (TPSA) is 81.7 Å². The summed E-state index contributed by atoms with van der Waals surface area (Å²) in [7, 11) is 0. The SMILES string of the molecule is NCCCCCCn1c(-c2c(F)cccc2F)nc2cnc(NCc3ccccc3F)nc21. The van der Waals surface area contributed by atoms with Crippen LogP contribution in [0.25, 0.3) is 22.6 Å². The van der Waals surface area contributed by atoms with Gasteiger partial charge in [0, 0.05) is 18.7 Å². The second-order valence-corrected chi connectivity index (χ2v) is 7.73. The summed E-state index contributed by atoms with van der Waals surface area (Å²) in [5.41, 5.74) is 6.72. The van der Waals surface area contributed by atoms with Gasteiger partial charge in [0.25, 0.3) is 0 Å². The van der Waals surface area contributed by atoms with Gasteiger partial charge in [0.05, 0.1) is 11.8 Å². The molecule has 172 valence electrons. The summed E-state index contributed by atoms with van der Waals surface area (Å²) in [5, 5.41) is 3.01. The van der Waals surface area contributed by atoms with Crippen molar-refractivity contribution in [2.45, 2.75) is 38.8 Å². The molecule has 6 nitrogen and oxygen atoms in total. The molecule has 0 radical (unpaired) electrons. The van der Waals surface area contributed by atoms with Gasteiger partial charge < -0.3 is 15.6 Å². The number of aromatic nitrogens is 4. The maximum absolute atomic E-state index is 14.6. The van der Waals surface area contributed by atoms with Crippen LogP contribution in [0.2, 0.25) is 0 Å². The van der Waals surface area contributed by atoms with Crippen LogP contribution in [0.4, 0.5) is 19.1 Å². The number of nitrogens with one attached hydrogen (secondary N) is 1. The number of nitrogens with two attached hydrogens (primary N) is 1. The molecule has 4 aromatic rings. The lowest BCUT2D eigenvalue weighted by molar-refractivity contribution is 0.568. The number of halogens is 3. The number of benzene rings is 2. The predicted octanol–water partition coefficient (Wildman–Crippen LogP) is 5.04. The molecule has 4 rings (SSSR count). The van der Waals surface area contributed by atoms with Gasteiger partial charge >= 0.3 is 0 Å². The van der Waals surface area contributed by atoms with E-state index in [9.17, 15) is 13.2 Å². The van der Waals surface area contributed by atoms with Gasteiger partial charge in [-0.2, -0.15) is 4.98 Å². The minimum absolute atomic E-state index is 0.167. The zero-order chi connectivity index (χ0) is 23.2. The summed E-state index contributed by atoms with van der Waals surface area (Å²) in [6, 6.07) is 10.2. The Morgan fingerprint density at radius 1 is 0.848 bits per heavy atom. The summed E-state index contributed by atoms with van der Waals surface area (Å²) in [6.07, 6.45) is 5.08. The fourth-order valence-corrected chi connectivity index (χ4v) is 3.70. The van der Waals surface area contributed by atoms with Crippen LogP contribution in [0.5, 0.6) is 0 Å². The lowest BCUT2D eigenvalue weighted by Crippen LogP contribution is -2.08. The monoisotopic (exact) mass is 454 g/mol. The predicted molar refractivity (Wildman–Crippen MR) is 122 cm³/mol. The number of hydrogen-bond acceptors (Lipinski definition) is 5. The highest BCUT2D eigenvalue weighted by Gasteiger charge is 2.21. The van der Waals surface area contributed by atoms with Crippen LogP contribution >= 0.6 is 0 Å². The van der Waals surface area contributed by atoms with Crippen LogP contribution in [-0.2, 0) is 13.1 Å². The van der Waals surface area contributed by atoms with Crippen molar-refractivity contribution in [1.82, 2.24) is 19.5 Å². The van der Waals surface area contributed by atoms with E-state index >= 15 is 0 Å². The zero-order valence-electron chi connectivity index (χ0n) is 18.1. The molecular formula is C24H25F3N6. The van der Waals surface area contributed by atoms with Crippen molar-refractivity contribution >= 4 is 17.1 Å². The van der Waals surface area contributed by atoms with Gasteiger partial charge in [-0.05, 0) is 37.6 Å². The Kier molecular flexibility index (Phi) is 7.19. The number of fused-ring (bicyclic) bond motifs is 1. The number of imidazole rings is 1. The summed E-state index contributed by atoms with van der Waals surface area (Å²) < 4.78 is 44.8. The summed E-state index contributed by atoms with van der Waals surface area (Å²) >= 11 is 0. The Balaban J connectivity index is 1.68. The van der Waals surface area contributed by atoms with Crippen molar-refractivity contribution in [3.05, 3.63) is 71.7 Å². The maximum Gasteiger partial charge on any atom is 0.225 e. The van der Waals surface area contributed by atoms with E-state index in [1.807, 2.05) is 0 Å². The average molecular weight is 455 g/mol. The van der Waals surface area contributed by atoms with E-state index in [1.165, 1.54) is 30.5 Å². The third kappa shape index (κ3) is 5.14. The lowest BCUT2D eigenvalue weighted by Gasteiger charge is -2.11. The summed E-state index contributed by atoms with van der Waals surface area (Å²) in [4.78, 5) is 13.2. The minimum atomic E-state index is -0.694. The molecule has 2 aromatic carbocycles. The number of aryl methyl sites for hydroxylation is 1. The lowest BCUT2D eigenvalue weighted by atomic mass is 10.1. The van der Waals surface area contributed by atoms with Crippen LogP contribution in [0.15, 0.2) is 48.7 Å². The summed E-state index contributed by atoms with van der Waals surface area (Å²) in [6.45, 7) is 1.30. The van der Waals surface area contributed by atoms with E-state index in [0.717, 1.165) is 25.7 Å². The number of unbranched alkanes of at least 4 members (excludes halogenated alkanes) is 3. The fourth-order valence-electron chi connectivity index (χ4n) is 3.70. The van der Waals surface area contributed by atoms with E-state index in [1.54, 1.807) is 22.8 Å². The molecule has 2 heterocycles. The van der Waals surface area contributed by atoms with Gasteiger partial charge in [-0.15, -0.1) is 0 Å². The Bertz CT molecular complexity index is 1220. The molecule has 0 amide bonds. The van der Waals surface area contributed by atoms with Crippen molar-refractivity contribution in [2.75, 3.05) is 11.9 Å². The largest absolute Gasteiger partial charge is 0.350 e. The Morgan fingerprint density at radius 3 is 2.33 bits per heavy atom. The van der Waals surface area contributed by atoms with Crippen LogP contribution < -0.4 is 11.1 Å². The molecule has 2 aromatic heterocycles. The van der Waals surface area contributed by atoms with Crippen molar-refractivity contribution in [3.63, 3.8) is 0 Å². The molecule has 0 saturated heterocycles. The molecule has 0 aliphatic rings. The minimum Gasteiger partial charge on any atom is -0.350 e. The molecule has 0 saturated carbocycles. The molecule has 0 aliphatic carbocycles. The molecule has 9 heteroatoms. The van der Waals surface area contributed by atoms with E-state index in [0.29, 0.717) is 29.8 Å². The second-order valence-electron chi connectivity index (χ2n) is 7.73. The third-order valence-electron chi connectivity index (χ3n) is 5.40. The van der Waals surface area contributed by atoms with Crippen molar-refractivity contribution in [3.8, 4) is 11.4 Å². The van der Waals surface area contributed by atoms with Gasteiger partial charge in [-0.1, -0.05) is 37.1 Å². The first-order valence-electron chi connectivity index (χ1n) is 10.9. The van der Waals surface area contributed by atoms with Crippen LogP contribution in [0, 0.1) is 17.5 Å². The molecule has 0 unspecified atom stereocenters. The fraction of sp³-hybridized carbons (Fsp3) is 0.292.